The third-order valence-corrected chi connectivity index (χ3v) is 8.99. The molecule has 2 unspecified atom stereocenters. The monoisotopic (exact) mass is 607 g/mol. The summed E-state index contributed by atoms with van der Waals surface area (Å²) in [5.41, 5.74) is 2.12. The molecule has 0 fully saturated rings. The van der Waals surface area contributed by atoms with Crippen LogP contribution in [0.25, 0.3) is 22.4 Å². The third-order valence-electron chi connectivity index (χ3n) is 7.99. The van der Waals surface area contributed by atoms with Crippen LogP contribution in [0.1, 0.15) is 103 Å². The molecule has 0 aliphatic heterocycles. The average Bonchev–Trinajstić information content (AvgIpc) is 3.43. The van der Waals surface area contributed by atoms with Crippen LogP contribution in [0.15, 0.2) is 42.5 Å². The summed E-state index contributed by atoms with van der Waals surface area (Å²) in [4.78, 5) is 10.00. The van der Waals surface area contributed by atoms with Gasteiger partial charge in [-0.15, -0.1) is 11.3 Å². The van der Waals surface area contributed by atoms with E-state index in [9.17, 15) is 0 Å². The molecule has 0 aliphatic rings. The first-order chi connectivity index (χ1) is 21.0. The maximum atomic E-state index is 6.32. The fraction of sp³-hybridized carbons (Fsp3) is 0.595. The Morgan fingerprint density at radius 2 is 1.23 bits per heavy atom. The lowest BCUT2D eigenvalue weighted by atomic mass is 10.1. The van der Waals surface area contributed by atoms with Crippen LogP contribution in [0.2, 0.25) is 0 Å². The first-order valence-electron chi connectivity index (χ1n) is 16.9. The molecule has 6 heteroatoms. The molecule has 0 amide bonds. The number of para-hydroxylation sites is 1. The van der Waals surface area contributed by atoms with Crippen LogP contribution in [-0.4, -0.2) is 66.3 Å². The van der Waals surface area contributed by atoms with Gasteiger partial charge in [0.2, 0.25) is 0 Å². The lowest BCUT2D eigenvalue weighted by Gasteiger charge is -2.28. The number of ether oxygens (including phenoxy) is 2. The Morgan fingerprint density at radius 1 is 0.721 bits per heavy atom. The van der Waals surface area contributed by atoms with Gasteiger partial charge < -0.3 is 19.3 Å². The number of rotatable bonds is 22. The molecule has 3 aromatic rings. The molecule has 0 bridgehead atoms. The van der Waals surface area contributed by atoms with E-state index >= 15 is 0 Å². The van der Waals surface area contributed by atoms with Gasteiger partial charge in [-0.3, -0.25) is 0 Å². The van der Waals surface area contributed by atoms with Gasteiger partial charge in [0.1, 0.15) is 16.5 Å². The summed E-state index contributed by atoms with van der Waals surface area (Å²) >= 11 is 1.71. The Bertz CT molecular complexity index is 1120. The highest BCUT2D eigenvalue weighted by molar-refractivity contribution is 7.19. The molecule has 0 saturated carbocycles. The minimum absolute atomic E-state index is 0.582. The molecule has 2 aromatic carbocycles. The number of hydrogen-bond donors (Lipinski definition) is 0. The molecule has 5 nitrogen and oxygen atoms in total. The van der Waals surface area contributed by atoms with Crippen LogP contribution in [-0.2, 0) is 0 Å². The molecule has 0 radical (unpaired) electrons. The van der Waals surface area contributed by atoms with Gasteiger partial charge in [0.05, 0.1) is 23.4 Å². The van der Waals surface area contributed by atoms with E-state index in [-0.39, 0.29) is 0 Å². The molecule has 0 aliphatic carbocycles. The summed E-state index contributed by atoms with van der Waals surface area (Å²) in [6.45, 7) is 19.9. The lowest BCUT2D eigenvalue weighted by Crippen LogP contribution is -2.34. The van der Waals surface area contributed by atoms with Crippen molar-refractivity contribution in [1.82, 2.24) is 14.8 Å². The van der Waals surface area contributed by atoms with Crippen LogP contribution in [0.4, 0.5) is 0 Å². The fourth-order valence-electron chi connectivity index (χ4n) is 5.74. The van der Waals surface area contributed by atoms with Gasteiger partial charge in [0.15, 0.2) is 0 Å². The largest absolute Gasteiger partial charge is 0.493 e. The molecular weight excluding hydrogens is 550 g/mol. The Labute approximate surface area is 266 Å². The first kappa shape index (κ1) is 35.1. The zero-order chi connectivity index (χ0) is 30.9. The Kier molecular flexibility index (Phi) is 16.1. The predicted molar refractivity (Wildman–Crippen MR) is 188 cm³/mol. The number of fused-ring (bicyclic) bond motifs is 1. The highest BCUT2D eigenvalue weighted by atomic mass is 32.1. The van der Waals surface area contributed by atoms with Crippen molar-refractivity contribution in [2.45, 2.75) is 105 Å². The smallest absolute Gasteiger partial charge is 0.123 e. The average molecular weight is 608 g/mol. The van der Waals surface area contributed by atoms with Crippen LogP contribution < -0.4 is 9.47 Å². The zero-order valence-electron chi connectivity index (χ0n) is 27.8. The number of thiazole rings is 1. The maximum absolute atomic E-state index is 6.32. The number of aromatic nitrogens is 1. The van der Waals surface area contributed by atoms with Crippen LogP contribution in [0.3, 0.4) is 0 Å². The molecule has 238 valence electrons. The van der Waals surface area contributed by atoms with E-state index in [0.717, 1.165) is 53.3 Å². The second-order valence-corrected chi connectivity index (χ2v) is 12.9. The summed E-state index contributed by atoms with van der Waals surface area (Å²) < 4.78 is 13.8. The van der Waals surface area contributed by atoms with E-state index in [4.69, 9.17) is 14.5 Å². The van der Waals surface area contributed by atoms with Gasteiger partial charge in [-0.25, -0.2) is 4.98 Å². The minimum atomic E-state index is 0.582. The normalized spacial score (nSPS) is 13.4. The molecule has 43 heavy (non-hydrogen) atoms. The van der Waals surface area contributed by atoms with Crippen molar-refractivity contribution in [2.75, 3.05) is 39.4 Å². The van der Waals surface area contributed by atoms with Crippen molar-refractivity contribution in [3.63, 3.8) is 0 Å². The van der Waals surface area contributed by atoms with Crippen molar-refractivity contribution in [2.24, 2.45) is 0 Å². The number of hydrogen-bond acceptors (Lipinski definition) is 6. The number of nitrogens with zero attached hydrogens (tertiary/aromatic N) is 3. The summed E-state index contributed by atoms with van der Waals surface area (Å²) in [6.07, 6.45) is 13.4. The molecule has 0 spiro atoms. The van der Waals surface area contributed by atoms with Crippen LogP contribution in [0, 0.1) is 0 Å². The van der Waals surface area contributed by atoms with Crippen molar-refractivity contribution in [1.29, 1.82) is 0 Å². The lowest BCUT2D eigenvalue weighted by molar-refractivity contribution is 0.186. The van der Waals surface area contributed by atoms with Crippen LogP contribution in [0.5, 0.6) is 11.5 Å². The Hall–Kier alpha value is -2.41. The van der Waals surface area contributed by atoms with E-state index in [2.05, 4.69) is 99.9 Å². The standard InChI is InChI=1S/C37H57N3O2S/c1-7-21-39(22-8-2)30(5)15-13-25-41-33-27-32(19-20-37-38-35-17-11-12-18-36(35)43-37)28-34(29-33)42-26-14-16-31(6)40(23-9-3)24-10-4/h11-12,17-20,27-31H,7-10,13-16,21-26H2,1-6H3/b20-19+. The minimum Gasteiger partial charge on any atom is -0.493 e. The summed E-state index contributed by atoms with van der Waals surface area (Å²) in [7, 11) is 0. The Morgan fingerprint density at radius 3 is 1.72 bits per heavy atom. The molecule has 1 aromatic heterocycles. The van der Waals surface area contributed by atoms with E-state index in [1.807, 2.05) is 6.07 Å². The van der Waals surface area contributed by atoms with E-state index in [0.29, 0.717) is 25.3 Å². The highest BCUT2D eigenvalue weighted by Crippen LogP contribution is 2.27. The molecule has 1 heterocycles. The van der Waals surface area contributed by atoms with Crippen molar-refractivity contribution >= 4 is 33.7 Å². The molecule has 0 N–H and O–H groups in total. The van der Waals surface area contributed by atoms with E-state index in [1.54, 1.807) is 11.3 Å². The fourth-order valence-corrected chi connectivity index (χ4v) is 6.61. The second kappa shape index (κ2) is 19.8. The molecule has 0 saturated heterocycles. The predicted octanol–water partition coefficient (Wildman–Crippen LogP) is 9.81. The summed E-state index contributed by atoms with van der Waals surface area (Å²) in [5, 5.41) is 1.00. The van der Waals surface area contributed by atoms with Crippen molar-refractivity contribution in [3.8, 4) is 11.5 Å². The SMILES string of the molecule is CCCN(CCC)C(C)CCCOc1cc(/C=C/c2nc3ccccc3s2)cc(OCCCC(C)N(CCC)CCC)c1. The van der Waals surface area contributed by atoms with Gasteiger partial charge in [-0.1, -0.05) is 45.9 Å². The zero-order valence-corrected chi connectivity index (χ0v) is 28.6. The Balaban J connectivity index is 1.63. The van der Waals surface area contributed by atoms with Gasteiger partial charge in [0, 0.05) is 18.2 Å². The molecule has 2 atom stereocenters. The van der Waals surface area contributed by atoms with E-state index < -0.39 is 0 Å². The highest BCUT2D eigenvalue weighted by Gasteiger charge is 2.13. The summed E-state index contributed by atoms with van der Waals surface area (Å²) in [6, 6.07) is 15.8. The van der Waals surface area contributed by atoms with Gasteiger partial charge in [0.25, 0.3) is 0 Å². The molecule has 3 rings (SSSR count). The van der Waals surface area contributed by atoms with Crippen LogP contribution >= 0.6 is 11.3 Å². The van der Waals surface area contributed by atoms with Crippen molar-refractivity contribution in [3.05, 3.63) is 53.0 Å². The quantitative estimate of drug-likeness (QED) is 0.106. The van der Waals surface area contributed by atoms with Gasteiger partial charge >= 0.3 is 0 Å². The summed E-state index contributed by atoms with van der Waals surface area (Å²) in [5.74, 6) is 1.75. The van der Waals surface area contributed by atoms with Crippen molar-refractivity contribution < 1.29 is 9.47 Å². The molecular formula is C37H57N3O2S. The first-order valence-corrected chi connectivity index (χ1v) is 17.7. The topological polar surface area (TPSA) is 37.8 Å². The third kappa shape index (κ3) is 12.2. The maximum Gasteiger partial charge on any atom is 0.123 e. The number of benzene rings is 2. The second-order valence-electron chi connectivity index (χ2n) is 11.8. The van der Waals surface area contributed by atoms with E-state index in [1.165, 1.54) is 56.6 Å². The van der Waals surface area contributed by atoms with Gasteiger partial charge in [-0.05, 0) is 127 Å². The van der Waals surface area contributed by atoms with Gasteiger partial charge in [-0.2, -0.15) is 0 Å².